The van der Waals surface area contributed by atoms with E-state index in [1.807, 2.05) is 20.8 Å². The van der Waals surface area contributed by atoms with Gasteiger partial charge in [-0.05, 0) is 64.9 Å². The van der Waals surface area contributed by atoms with Crippen LogP contribution in [0.1, 0.15) is 44.0 Å². The summed E-state index contributed by atoms with van der Waals surface area (Å²) < 4.78 is 19.9. The number of hydrogen-bond acceptors (Lipinski definition) is 6. The molecule has 1 aromatic heterocycles. The van der Waals surface area contributed by atoms with E-state index < -0.39 is 5.82 Å². The molecule has 0 unspecified atom stereocenters. The number of amides is 1. The Hall–Kier alpha value is -2.74. The molecule has 29 heavy (non-hydrogen) atoms. The number of nitrogens with zero attached hydrogens (tertiary/aromatic N) is 3. The van der Waals surface area contributed by atoms with Crippen LogP contribution in [0.15, 0.2) is 30.7 Å². The van der Waals surface area contributed by atoms with Gasteiger partial charge in [-0.2, -0.15) is 0 Å². The van der Waals surface area contributed by atoms with Gasteiger partial charge >= 0.3 is 0 Å². The molecule has 156 valence electrons. The predicted octanol–water partition coefficient (Wildman–Crippen LogP) is 3.44. The zero-order valence-corrected chi connectivity index (χ0v) is 17.1. The molecule has 3 rings (SSSR count). The van der Waals surface area contributed by atoms with Crippen molar-refractivity contribution in [2.45, 2.75) is 45.7 Å². The van der Waals surface area contributed by atoms with Crippen molar-refractivity contribution >= 4 is 11.7 Å². The molecule has 1 fully saturated rings. The van der Waals surface area contributed by atoms with Crippen molar-refractivity contribution in [3.63, 3.8) is 0 Å². The second kappa shape index (κ2) is 9.65. The van der Waals surface area contributed by atoms with E-state index in [4.69, 9.17) is 4.74 Å². The summed E-state index contributed by atoms with van der Waals surface area (Å²) in [5.41, 5.74) is 0.178. The largest absolute Gasteiger partial charge is 0.451 e. The van der Waals surface area contributed by atoms with Crippen molar-refractivity contribution in [2.24, 2.45) is 0 Å². The SMILES string of the molecule is CCN(C(=O)c1cc(F)ccc1Oc1cncnc1NC1CCNCC1)C(C)C. The van der Waals surface area contributed by atoms with Crippen molar-refractivity contribution in [2.75, 3.05) is 25.0 Å². The number of rotatable bonds is 7. The topological polar surface area (TPSA) is 79.4 Å². The number of piperidine rings is 1. The predicted molar refractivity (Wildman–Crippen MR) is 110 cm³/mol. The zero-order valence-electron chi connectivity index (χ0n) is 17.1. The van der Waals surface area contributed by atoms with E-state index in [1.54, 1.807) is 11.1 Å². The summed E-state index contributed by atoms with van der Waals surface area (Å²) in [6.45, 7) is 8.14. The minimum atomic E-state index is -0.488. The molecule has 2 aromatic rings. The van der Waals surface area contributed by atoms with E-state index in [1.165, 1.54) is 24.5 Å². The number of ether oxygens (including phenoxy) is 1. The molecule has 1 aliphatic rings. The third kappa shape index (κ3) is 5.20. The fourth-order valence-corrected chi connectivity index (χ4v) is 3.43. The Morgan fingerprint density at radius 1 is 1.34 bits per heavy atom. The molecule has 0 spiro atoms. The minimum absolute atomic E-state index is 0.0131. The van der Waals surface area contributed by atoms with Crippen LogP contribution in [0.5, 0.6) is 11.5 Å². The highest BCUT2D eigenvalue weighted by Gasteiger charge is 2.23. The summed E-state index contributed by atoms with van der Waals surface area (Å²) in [7, 11) is 0. The molecule has 1 aliphatic heterocycles. The Bertz CT molecular complexity index is 840. The average molecular weight is 401 g/mol. The van der Waals surface area contributed by atoms with Crippen molar-refractivity contribution in [1.82, 2.24) is 20.2 Å². The lowest BCUT2D eigenvalue weighted by atomic mass is 10.1. The molecule has 1 amide bonds. The number of hydrogen-bond donors (Lipinski definition) is 2. The van der Waals surface area contributed by atoms with E-state index >= 15 is 0 Å². The molecule has 0 aliphatic carbocycles. The maximum absolute atomic E-state index is 13.9. The van der Waals surface area contributed by atoms with E-state index in [0.29, 0.717) is 18.1 Å². The Kier molecular flexibility index (Phi) is 6.98. The number of halogens is 1. The molecule has 8 heteroatoms. The van der Waals surface area contributed by atoms with E-state index in [2.05, 4.69) is 20.6 Å². The minimum Gasteiger partial charge on any atom is -0.451 e. The summed E-state index contributed by atoms with van der Waals surface area (Å²) in [6, 6.07) is 4.23. The third-order valence-corrected chi connectivity index (χ3v) is 4.98. The van der Waals surface area contributed by atoms with Crippen LogP contribution in [-0.4, -0.2) is 52.5 Å². The number of aromatic nitrogens is 2. The van der Waals surface area contributed by atoms with Gasteiger partial charge in [0.2, 0.25) is 0 Å². The quantitative estimate of drug-likeness (QED) is 0.740. The average Bonchev–Trinajstić information content (AvgIpc) is 2.71. The van der Waals surface area contributed by atoms with Gasteiger partial charge in [-0.25, -0.2) is 14.4 Å². The summed E-state index contributed by atoms with van der Waals surface area (Å²) in [4.78, 5) is 23.0. The first-order valence-corrected chi connectivity index (χ1v) is 10.0. The molecular formula is C21H28FN5O2. The van der Waals surface area contributed by atoms with Gasteiger partial charge < -0.3 is 20.3 Å². The first-order chi connectivity index (χ1) is 14.0. The lowest BCUT2D eigenvalue weighted by Crippen LogP contribution is -2.37. The molecule has 1 aromatic carbocycles. The van der Waals surface area contributed by atoms with Gasteiger partial charge in [-0.1, -0.05) is 0 Å². The van der Waals surface area contributed by atoms with Gasteiger partial charge in [0.15, 0.2) is 11.6 Å². The fourth-order valence-electron chi connectivity index (χ4n) is 3.43. The van der Waals surface area contributed by atoms with Crippen LogP contribution in [0, 0.1) is 5.82 Å². The van der Waals surface area contributed by atoms with Gasteiger partial charge in [-0.3, -0.25) is 4.79 Å². The molecule has 7 nitrogen and oxygen atoms in total. The van der Waals surface area contributed by atoms with Gasteiger partial charge in [0.1, 0.15) is 17.9 Å². The molecule has 2 N–H and O–H groups in total. The lowest BCUT2D eigenvalue weighted by Gasteiger charge is -2.26. The Balaban J connectivity index is 1.88. The van der Waals surface area contributed by atoms with Gasteiger partial charge in [0.05, 0.1) is 11.8 Å². The second-order valence-electron chi connectivity index (χ2n) is 7.33. The number of anilines is 1. The van der Waals surface area contributed by atoms with Crippen LogP contribution >= 0.6 is 0 Å². The summed E-state index contributed by atoms with van der Waals surface area (Å²) in [6.07, 6.45) is 4.95. The molecule has 0 atom stereocenters. The van der Waals surface area contributed by atoms with Gasteiger partial charge in [0, 0.05) is 18.6 Å². The van der Waals surface area contributed by atoms with Crippen LogP contribution < -0.4 is 15.4 Å². The third-order valence-electron chi connectivity index (χ3n) is 4.98. The second-order valence-corrected chi connectivity index (χ2v) is 7.33. The van der Waals surface area contributed by atoms with Gasteiger partial charge in [-0.15, -0.1) is 0 Å². The first-order valence-electron chi connectivity index (χ1n) is 10.0. The maximum Gasteiger partial charge on any atom is 0.257 e. The van der Waals surface area contributed by atoms with Crippen molar-refractivity contribution < 1.29 is 13.9 Å². The molecule has 1 saturated heterocycles. The van der Waals surface area contributed by atoms with Crippen LogP contribution in [0.25, 0.3) is 0 Å². The van der Waals surface area contributed by atoms with Crippen molar-refractivity contribution in [3.8, 4) is 11.5 Å². The monoisotopic (exact) mass is 401 g/mol. The normalized spacial score (nSPS) is 14.7. The van der Waals surface area contributed by atoms with Gasteiger partial charge in [0.25, 0.3) is 5.91 Å². The highest BCUT2D eigenvalue weighted by Crippen LogP contribution is 2.31. The molecule has 0 radical (unpaired) electrons. The molecular weight excluding hydrogens is 373 g/mol. The van der Waals surface area contributed by atoms with E-state index in [9.17, 15) is 9.18 Å². The highest BCUT2D eigenvalue weighted by atomic mass is 19.1. The van der Waals surface area contributed by atoms with E-state index in [-0.39, 0.29) is 29.3 Å². The highest BCUT2D eigenvalue weighted by molar-refractivity contribution is 5.97. The summed E-state index contributed by atoms with van der Waals surface area (Å²) in [5, 5.41) is 6.72. The number of nitrogens with one attached hydrogen (secondary N) is 2. The number of carbonyl (C=O) groups is 1. The van der Waals surface area contributed by atoms with Crippen molar-refractivity contribution in [3.05, 3.63) is 42.1 Å². The Morgan fingerprint density at radius 2 is 2.10 bits per heavy atom. The maximum atomic E-state index is 13.9. The van der Waals surface area contributed by atoms with Crippen molar-refractivity contribution in [1.29, 1.82) is 0 Å². The van der Waals surface area contributed by atoms with Crippen LogP contribution in [0.3, 0.4) is 0 Å². The van der Waals surface area contributed by atoms with Crippen LogP contribution in [-0.2, 0) is 0 Å². The van der Waals surface area contributed by atoms with Crippen LogP contribution in [0.4, 0.5) is 10.2 Å². The fraction of sp³-hybridized carbons (Fsp3) is 0.476. The van der Waals surface area contributed by atoms with E-state index in [0.717, 1.165) is 25.9 Å². The Labute approximate surface area is 170 Å². The number of benzene rings is 1. The smallest absolute Gasteiger partial charge is 0.257 e. The lowest BCUT2D eigenvalue weighted by molar-refractivity contribution is 0.0713. The molecule has 0 saturated carbocycles. The first kappa shape index (κ1) is 21.0. The number of carbonyl (C=O) groups excluding carboxylic acids is 1. The summed E-state index contributed by atoms with van der Waals surface area (Å²) >= 11 is 0. The zero-order chi connectivity index (χ0) is 20.8. The molecule has 0 bridgehead atoms. The standard InChI is InChI=1S/C21H28FN5O2/c1-4-27(14(2)3)21(28)17-11-15(22)5-6-18(17)29-19-12-24-13-25-20(19)26-16-7-9-23-10-8-16/h5-6,11-14,16,23H,4,7-10H2,1-3H3,(H,24,25,26). The summed E-state index contributed by atoms with van der Waals surface area (Å²) in [5.74, 6) is 0.475. The Morgan fingerprint density at radius 3 is 2.79 bits per heavy atom. The molecule has 2 heterocycles. The van der Waals surface area contributed by atoms with Crippen LogP contribution in [0.2, 0.25) is 0 Å².